The third-order valence-electron chi connectivity index (χ3n) is 5.24. The third kappa shape index (κ3) is 4.11. The van der Waals surface area contributed by atoms with Gasteiger partial charge in [0.25, 0.3) is 11.8 Å². The van der Waals surface area contributed by atoms with Gasteiger partial charge in [0.1, 0.15) is 10.6 Å². The molecule has 0 atom stereocenters. The summed E-state index contributed by atoms with van der Waals surface area (Å²) in [5.74, 6) is -0.815. The lowest BCUT2D eigenvalue weighted by atomic mass is 10.1. The van der Waals surface area contributed by atoms with Crippen molar-refractivity contribution in [1.82, 2.24) is 0 Å². The number of rotatable bonds is 5. The van der Waals surface area contributed by atoms with Crippen LogP contribution in [0.25, 0.3) is 0 Å². The SMILES string of the molecule is Cc1ccc(SC2=C(Nc3cccc(C)c3C)C(=O)N(c3ccccc3Cl)C2=O)cc1. The van der Waals surface area contributed by atoms with E-state index >= 15 is 0 Å². The minimum atomic E-state index is -0.423. The lowest BCUT2D eigenvalue weighted by molar-refractivity contribution is -0.120. The van der Waals surface area contributed by atoms with E-state index in [9.17, 15) is 9.59 Å². The highest BCUT2D eigenvalue weighted by atomic mass is 35.5. The number of para-hydroxylation sites is 1. The van der Waals surface area contributed by atoms with Gasteiger partial charge in [-0.25, -0.2) is 4.90 Å². The molecule has 0 fully saturated rings. The number of amides is 2. The van der Waals surface area contributed by atoms with Crippen molar-refractivity contribution in [3.63, 3.8) is 0 Å². The number of carbonyl (C=O) groups excluding carboxylic acids is 2. The van der Waals surface area contributed by atoms with E-state index in [1.165, 1.54) is 11.8 Å². The van der Waals surface area contributed by atoms with Gasteiger partial charge in [0.2, 0.25) is 0 Å². The van der Waals surface area contributed by atoms with E-state index in [4.69, 9.17) is 11.6 Å². The average Bonchev–Trinajstić information content (AvgIpc) is 2.97. The second-order valence-corrected chi connectivity index (χ2v) is 8.88. The molecule has 0 radical (unpaired) electrons. The number of anilines is 2. The van der Waals surface area contributed by atoms with Gasteiger partial charge in [0, 0.05) is 10.6 Å². The van der Waals surface area contributed by atoms with Gasteiger partial charge in [-0.3, -0.25) is 9.59 Å². The van der Waals surface area contributed by atoms with Crippen LogP contribution in [0.1, 0.15) is 16.7 Å². The molecule has 1 heterocycles. The molecule has 2 amide bonds. The molecular weight excluding hydrogens is 428 g/mol. The van der Waals surface area contributed by atoms with Crippen LogP contribution in [-0.4, -0.2) is 11.8 Å². The monoisotopic (exact) mass is 448 g/mol. The molecule has 0 unspecified atom stereocenters. The standard InChI is InChI=1S/C25H21ClN2O2S/c1-15-11-13-18(14-12-15)31-23-22(27-20-9-6-7-16(2)17(20)3)24(29)28(25(23)30)21-10-5-4-8-19(21)26/h4-14,27H,1-3H3. The number of nitrogens with one attached hydrogen (secondary N) is 1. The maximum absolute atomic E-state index is 13.4. The summed E-state index contributed by atoms with van der Waals surface area (Å²) in [5, 5.41) is 3.58. The van der Waals surface area contributed by atoms with Crippen molar-refractivity contribution < 1.29 is 9.59 Å². The van der Waals surface area contributed by atoms with Crippen LogP contribution in [0.5, 0.6) is 0 Å². The fraction of sp³-hybridized carbons (Fsp3) is 0.120. The van der Waals surface area contributed by atoms with E-state index in [1.54, 1.807) is 24.3 Å². The molecule has 156 valence electrons. The Morgan fingerprint density at radius 2 is 1.55 bits per heavy atom. The molecule has 1 N–H and O–H groups in total. The highest BCUT2D eigenvalue weighted by Gasteiger charge is 2.41. The van der Waals surface area contributed by atoms with Crippen LogP contribution < -0.4 is 10.2 Å². The number of aryl methyl sites for hydroxylation is 2. The number of halogens is 1. The summed E-state index contributed by atoms with van der Waals surface area (Å²) in [6, 6.07) is 20.5. The molecule has 31 heavy (non-hydrogen) atoms. The van der Waals surface area contributed by atoms with Crippen molar-refractivity contribution in [3.8, 4) is 0 Å². The van der Waals surface area contributed by atoms with Gasteiger partial charge in [0.15, 0.2) is 0 Å². The van der Waals surface area contributed by atoms with E-state index in [-0.39, 0.29) is 5.70 Å². The first kappa shape index (κ1) is 21.2. The molecule has 3 aromatic carbocycles. The Morgan fingerprint density at radius 3 is 2.26 bits per heavy atom. The predicted octanol–water partition coefficient (Wildman–Crippen LogP) is 6.25. The average molecular weight is 449 g/mol. The lowest BCUT2D eigenvalue weighted by Crippen LogP contribution is -2.32. The Labute approximate surface area is 190 Å². The maximum Gasteiger partial charge on any atom is 0.283 e. The first-order valence-corrected chi connectivity index (χ1v) is 11.0. The topological polar surface area (TPSA) is 49.4 Å². The zero-order chi connectivity index (χ0) is 22.1. The summed E-state index contributed by atoms with van der Waals surface area (Å²) in [6.07, 6.45) is 0. The van der Waals surface area contributed by atoms with Crippen molar-refractivity contribution in [2.75, 3.05) is 10.2 Å². The molecule has 0 aromatic heterocycles. The number of nitrogens with zero attached hydrogens (tertiary/aromatic N) is 1. The molecule has 0 saturated heterocycles. The summed E-state index contributed by atoms with van der Waals surface area (Å²) in [5.41, 5.74) is 4.66. The van der Waals surface area contributed by atoms with Gasteiger partial charge >= 0.3 is 0 Å². The molecule has 0 spiro atoms. The molecule has 3 aromatic rings. The Bertz CT molecular complexity index is 1220. The normalized spacial score (nSPS) is 13.9. The second kappa shape index (κ2) is 8.61. The second-order valence-electron chi connectivity index (χ2n) is 7.39. The summed E-state index contributed by atoms with van der Waals surface area (Å²) in [6.45, 7) is 6.00. The number of hydrogen-bond acceptors (Lipinski definition) is 4. The van der Waals surface area contributed by atoms with E-state index in [1.807, 2.05) is 63.2 Å². The van der Waals surface area contributed by atoms with Crippen LogP contribution in [0.2, 0.25) is 5.02 Å². The molecule has 0 bridgehead atoms. The first-order chi connectivity index (χ1) is 14.9. The maximum atomic E-state index is 13.4. The zero-order valence-electron chi connectivity index (χ0n) is 17.4. The van der Waals surface area contributed by atoms with Crippen LogP contribution in [0, 0.1) is 20.8 Å². The van der Waals surface area contributed by atoms with Crippen molar-refractivity contribution in [1.29, 1.82) is 0 Å². The number of hydrogen-bond donors (Lipinski definition) is 1. The van der Waals surface area contributed by atoms with Crippen LogP contribution in [-0.2, 0) is 9.59 Å². The Kier molecular flexibility index (Phi) is 5.90. The highest BCUT2D eigenvalue weighted by molar-refractivity contribution is 8.04. The summed E-state index contributed by atoms with van der Waals surface area (Å²) in [4.78, 5) is 29.2. The van der Waals surface area contributed by atoms with Crippen LogP contribution in [0.3, 0.4) is 0 Å². The van der Waals surface area contributed by atoms with Crippen molar-refractivity contribution in [2.24, 2.45) is 0 Å². The van der Waals surface area contributed by atoms with Gasteiger partial charge in [0.05, 0.1) is 10.7 Å². The summed E-state index contributed by atoms with van der Waals surface area (Å²) < 4.78 is 0. The molecule has 0 aliphatic carbocycles. The molecule has 0 saturated carbocycles. The highest BCUT2D eigenvalue weighted by Crippen LogP contribution is 2.40. The van der Waals surface area contributed by atoms with Crippen LogP contribution in [0.15, 0.2) is 82.2 Å². The number of imide groups is 1. The molecule has 4 rings (SSSR count). The fourth-order valence-electron chi connectivity index (χ4n) is 3.31. The van der Waals surface area contributed by atoms with Gasteiger partial charge in [-0.1, -0.05) is 65.3 Å². The Hall–Kier alpha value is -3.02. The van der Waals surface area contributed by atoms with Crippen molar-refractivity contribution in [3.05, 3.63) is 99.0 Å². The zero-order valence-corrected chi connectivity index (χ0v) is 19.0. The number of benzene rings is 3. The van der Waals surface area contributed by atoms with E-state index < -0.39 is 11.8 Å². The smallest absolute Gasteiger partial charge is 0.283 e. The number of thioether (sulfide) groups is 1. The number of carbonyl (C=O) groups is 2. The van der Waals surface area contributed by atoms with Gasteiger partial charge < -0.3 is 5.32 Å². The van der Waals surface area contributed by atoms with Crippen molar-refractivity contribution >= 4 is 46.6 Å². The minimum Gasteiger partial charge on any atom is -0.350 e. The predicted molar refractivity (Wildman–Crippen MR) is 128 cm³/mol. The summed E-state index contributed by atoms with van der Waals surface area (Å²) >= 11 is 7.60. The van der Waals surface area contributed by atoms with Crippen LogP contribution >= 0.6 is 23.4 Å². The van der Waals surface area contributed by atoms with Gasteiger partial charge in [-0.2, -0.15) is 0 Å². The third-order valence-corrected chi connectivity index (χ3v) is 6.65. The van der Waals surface area contributed by atoms with E-state index in [0.29, 0.717) is 15.6 Å². The molecule has 1 aliphatic heterocycles. The molecule has 4 nitrogen and oxygen atoms in total. The first-order valence-electron chi connectivity index (χ1n) is 9.82. The minimum absolute atomic E-state index is 0.254. The van der Waals surface area contributed by atoms with Gasteiger partial charge in [-0.05, 0) is 62.2 Å². The largest absolute Gasteiger partial charge is 0.350 e. The lowest BCUT2D eigenvalue weighted by Gasteiger charge is -2.17. The fourth-order valence-corrected chi connectivity index (χ4v) is 4.46. The Balaban J connectivity index is 1.79. The van der Waals surface area contributed by atoms with Gasteiger partial charge in [-0.15, -0.1) is 0 Å². The molecular formula is C25H21ClN2O2S. The van der Waals surface area contributed by atoms with E-state index in [0.717, 1.165) is 32.2 Å². The molecule has 6 heteroatoms. The summed E-state index contributed by atoms with van der Waals surface area (Å²) in [7, 11) is 0. The molecule has 1 aliphatic rings. The van der Waals surface area contributed by atoms with E-state index in [2.05, 4.69) is 5.32 Å². The Morgan fingerprint density at radius 1 is 0.839 bits per heavy atom. The van der Waals surface area contributed by atoms with Crippen molar-refractivity contribution in [2.45, 2.75) is 25.7 Å². The van der Waals surface area contributed by atoms with Crippen LogP contribution in [0.4, 0.5) is 11.4 Å². The quantitative estimate of drug-likeness (QED) is 0.468.